The van der Waals surface area contributed by atoms with Crippen molar-refractivity contribution in [1.29, 1.82) is 0 Å². The predicted octanol–water partition coefficient (Wildman–Crippen LogP) is 2.74. The van der Waals surface area contributed by atoms with E-state index in [1.54, 1.807) is 6.20 Å². The molecule has 4 nitrogen and oxygen atoms in total. The summed E-state index contributed by atoms with van der Waals surface area (Å²) in [5, 5.41) is 0. The molecule has 0 aromatic carbocycles. The fourth-order valence-electron chi connectivity index (χ4n) is 2.93. The molecule has 1 fully saturated rings. The molecule has 1 aliphatic heterocycles. The summed E-state index contributed by atoms with van der Waals surface area (Å²) in [7, 11) is 0. The number of pyridine rings is 1. The maximum atomic E-state index is 6.53. The van der Waals surface area contributed by atoms with Crippen LogP contribution in [0.1, 0.15) is 51.6 Å². The molecule has 4 heteroatoms. The second-order valence-corrected chi connectivity index (χ2v) is 6.07. The molecule has 1 aromatic heterocycles. The van der Waals surface area contributed by atoms with Gasteiger partial charge in [0.25, 0.3) is 0 Å². The Bertz CT molecular complexity index is 427. The second-order valence-electron chi connectivity index (χ2n) is 6.07. The number of hydrogen-bond donors (Lipinski definition) is 1. The number of piperidine rings is 1. The molecule has 0 radical (unpaired) electrons. The van der Waals surface area contributed by atoms with E-state index in [0.29, 0.717) is 6.61 Å². The quantitative estimate of drug-likeness (QED) is 0.899. The van der Waals surface area contributed by atoms with Crippen LogP contribution in [0, 0.1) is 0 Å². The second kappa shape index (κ2) is 6.55. The molecular weight excluding hydrogens is 250 g/mol. The highest BCUT2D eigenvalue weighted by Gasteiger charge is 2.34. The molecule has 20 heavy (non-hydrogen) atoms. The molecule has 1 atom stereocenters. The monoisotopic (exact) mass is 277 g/mol. The molecule has 1 saturated heterocycles. The Morgan fingerprint density at radius 1 is 1.30 bits per heavy atom. The van der Waals surface area contributed by atoms with Gasteiger partial charge in [-0.25, -0.2) is 0 Å². The van der Waals surface area contributed by atoms with Crippen LogP contribution in [0.3, 0.4) is 0 Å². The Hall–Kier alpha value is -1.13. The fourth-order valence-corrected chi connectivity index (χ4v) is 2.93. The van der Waals surface area contributed by atoms with Gasteiger partial charge in [-0.2, -0.15) is 0 Å². The number of hydrogen-bond acceptors (Lipinski definition) is 4. The van der Waals surface area contributed by atoms with Gasteiger partial charge in [-0.3, -0.25) is 9.88 Å². The third-order valence-corrected chi connectivity index (χ3v) is 4.34. The van der Waals surface area contributed by atoms with E-state index < -0.39 is 0 Å². The van der Waals surface area contributed by atoms with Gasteiger partial charge in [0.1, 0.15) is 5.75 Å². The highest BCUT2D eigenvalue weighted by Crippen LogP contribution is 2.32. The van der Waals surface area contributed by atoms with Gasteiger partial charge in [0.15, 0.2) is 0 Å². The van der Waals surface area contributed by atoms with Crippen LogP contribution in [-0.2, 0) is 0 Å². The largest absolute Gasteiger partial charge is 0.492 e. The van der Waals surface area contributed by atoms with Gasteiger partial charge in [-0.15, -0.1) is 0 Å². The maximum Gasteiger partial charge on any atom is 0.137 e. The van der Waals surface area contributed by atoms with Crippen molar-refractivity contribution in [2.75, 3.05) is 19.7 Å². The van der Waals surface area contributed by atoms with Crippen molar-refractivity contribution in [3.05, 3.63) is 24.0 Å². The molecule has 0 saturated carbocycles. The number of nitrogens with zero attached hydrogens (tertiary/aromatic N) is 2. The third kappa shape index (κ3) is 3.30. The normalized spacial score (nSPS) is 18.8. The number of nitrogens with two attached hydrogens (primary N) is 1. The highest BCUT2D eigenvalue weighted by atomic mass is 16.5. The van der Waals surface area contributed by atoms with Crippen LogP contribution in [0.5, 0.6) is 5.75 Å². The van der Waals surface area contributed by atoms with E-state index in [1.807, 2.05) is 19.2 Å². The third-order valence-electron chi connectivity index (χ3n) is 4.34. The molecule has 1 unspecified atom stereocenters. The molecule has 1 aromatic rings. The van der Waals surface area contributed by atoms with Gasteiger partial charge in [-0.1, -0.05) is 6.42 Å². The van der Waals surface area contributed by atoms with E-state index in [-0.39, 0.29) is 11.6 Å². The Labute approximate surface area is 122 Å². The lowest BCUT2D eigenvalue weighted by Crippen LogP contribution is -2.53. The summed E-state index contributed by atoms with van der Waals surface area (Å²) in [5.74, 6) is 0.801. The average molecular weight is 277 g/mol. The zero-order valence-corrected chi connectivity index (χ0v) is 12.9. The molecule has 1 aliphatic rings. The van der Waals surface area contributed by atoms with E-state index >= 15 is 0 Å². The predicted molar refractivity (Wildman–Crippen MR) is 81.8 cm³/mol. The Morgan fingerprint density at radius 3 is 2.65 bits per heavy atom. The molecule has 0 spiro atoms. The molecule has 0 amide bonds. The van der Waals surface area contributed by atoms with Crippen LogP contribution in [0.4, 0.5) is 0 Å². The van der Waals surface area contributed by atoms with Gasteiger partial charge >= 0.3 is 0 Å². The van der Waals surface area contributed by atoms with E-state index in [9.17, 15) is 0 Å². The average Bonchev–Trinajstić information content (AvgIpc) is 2.48. The van der Waals surface area contributed by atoms with Crippen molar-refractivity contribution >= 4 is 0 Å². The lowest BCUT2D eigenvalue weighted by atomic mass is 9.87. The lowest BCUT2D eigenvalue weighted by Gasteiger charge is -2.44. The lowest BCUT2D eigenvalue weighted by molar-refractivity contribution is 0.0728. The number of aromatic nitrogens is 1. The Morgan fingerprint density at radius 2 is 2.00 bits per heavy atom. The zero-order chi connectivity index (χ0) is 14.6. The molecule has 2 N–H and O–H groups in total. The first-order valence-electron chi connectivity index (χ1n) is 7.64. The first-order chi connectivity index (χ1) is 9.55. The van der Waals surface area contributed by atoms with Gasteiger partial charge in [0, 0.05) is 17.8 Å². The number of likely N-dealkylation sites (tertiary alicyclic amines) is 1. The zero-order valence-electron chi connectivity index (χ0n) is 12.9. The van der Waals surface area contributed by atoms with Crippen LogP contribution >= 0.6 is 0 Å². The number of ether oxygens (including phenoxy) is 1. The first-order valence-corrected chi connectivity index (χ1v) is 7.64. The van der Waals surface area contributed by atoms with Crippen molar-refractivity contribution in [3.63, 3.8) is 0 Å². The van der Waals surface area contributed by atoms with Crippen LogP contribution in [0.15, 0.2) is 18.5 Å². The Balaban J connectivity index is 2.15. The van der Waals surface area contributed by atoms with Crippen LogP contribution in [0.2, 0.25) is 0 Å². The molecule has 0 bridgehead atoms. The number of rotatable bonds is 5. The van der Waals surface area contributed by atoms with Crippen molar-refractivity contribution in [1.82, 2.24) is 9.88 Å². The Kier molecular flexibility index (Phi) is 5.00. The summed E-state index contributed by atoms with van der Waals surface area (Å²) in [4.78, 5) is 6.77. The summed E-state index contributed by atoms with van der Waals surface area (Å²) in [6.07, 6.45) is 7.48. The molecule has 2 rings (SSSR count). The molecular formula is C16H27N3O. The van der Waals surface area contributed by atoms with Gasteiger partial charge in [0.05, 0.1) is 12.8 Å². The van der Waals surface area contributed by atoms with Crippen LogP contribution in [-0.4, -0.2) is 35.1 Å². The van der Waals surface area contributed by atoms with Crippen molar-refractivity contribution in [3.8, 4) is 5.75 Å². The van der Waals surface area contributed by atoms with Crippen LogP contribution in [0.25, 0.3) is 0 Å². The summed E-state index contributed by atoms with van der Waals surface area (Å²) >= 11 is 0. The van der Waals surface area contributed by atoms with Crippen molar-refractivity contribution in [2.45, 2.75) is 51.6 Å². The van der Waals surface area contributed by atoms with E-state index in [2.05, 4.69) is 23.7 Å². The summed E-state index contributed by atoms with van der Waals surface area (Å²) in [6.45, 7) is 9.37. The summed E-state index contributed by atoms with van der Waals surface area (Å²) < 4.78 is 5.52. The minimum atomic E-state index is -0.0626. The van der Waals surface area contributed by atoms with Crippen molar-refractivity contribution < 1.29 is 4.74 Å². The van der Waals surface area contributed by atoms with Gasteiger partial charge < -0.3 is 10.5 Å². The standard InChI is InChI=1S/C16H27N3O/c1-4-20-14-10-13(11-18-12-14)15(17)16(2,3)19-8-6-5-7-9-19/h10-12,15H,4-9,17H2,1-3H3. The fraction of sp³-hybridized carbons (Fsp3) is 0.688. The summed E-state index contributed by atoms with van der Waals surface area (Å²) in [6, 6.07) is 1.96. The van der Waals surface area contributed by atoms with Gasteiger partial charge in [0.2, 0.25) is 0 Å². The molecule has 0 aliphatic carbocycles. The SMILES string of the molecule is CCOc1cncc(C(N)C(C)(C)N2CCCCC2)c1. The minimum absolute atomic E-state index is 0.0616. The van der Waals surface area contributed by atoms with Crippen molar-refractivity contribution in [2.24, 2.45) is 5.73 Å². The first kappa shape index (κ1) is 15.3. The van der Waals surface area contributed by atoms with E-state index in [1.165, 1.54) is 19.3 Å². The van der Waals surface area contributed by atoms with E-state index in [0.717, 1.165) is 24.4 Å². The maximum absolute atomic E-state index is 6.53. The van der Waals surface area contributed by atoms with Crippen LogP contribution < -0.4 is 10.5 Å². The highest BCUT2D eigenvalue weighted by molar-refractivity contribution is 5.28. The topological polar surface area (TPSA) is 51.4 Å². The minimum Gasteiger partial charge on any atom is -0.492 e. The van der Waals surface area contributed by atoms with Gasteiger partial charge in [-0.05, 0) is 58.3 Å². The molecule has 112 valence electrons. The summed E-state index contributed by atoms with van der Waals surface area (Å²) in [5.41, 5.74) is 7.52. The molecule has 2 heterocycles. The smallest absolute Gasteiger partial charge is 0.137 e. The van der Waals surface area contributed by atoms with E-state index in [4.69, 9.17) is 10.5 Å².